The summed E-state index contributed by atoms with van der Waals surface area (Å²) in [5.41, 5.74) is 3.10. The van der Waals surface area contributed by atoms with Crippen LogP contribution in [0, 0.1) is 6.92 Å². The average molecular weight is 468 g/mol. The van der Waals surface area contributed by atoms with Crippen LogP contribution < -0.4 is 0 Å². The topological polar surface area (TPSA) is 63.4 Å². The minimum atomic E-state index is -0.112. The van der Waals surface area contributed by atoms with Gasteiger partial charge >= 0.3 is 0 Å². The molecular weight excluding hydrogens is 442 g/mol. The first-order valence-corrected chi connectivity index (χ1v) is 12.6. The van der Waals surface area contributed by atoms with Crippen molar-refractivity contribution in [2.75, 3.05) is 5.75 Å². The normalized spacial score (nSPS) is 17.9. The number of aromatic nitrogens is 3. The predicted octanol–water partition coefficient (Wildman–Crippen LogP) is 5.54. The second kappa shape index (κ2) is 8.72. The van der Waals surface area contributed by atoms with Crippen molar-refractivity contribution in [3.8, 4) is 0 Å². The van der Waals surface area contributed by atoms with E-state index in [2.05, 4.69) is 57.2 Å². The lowest BCUT2D eigenvalue weighted by Gasteiger charge is -2.22. The van der Waals surface area contributed by atoms with Crippen LogP contribution in [0.3, 0.4) is 0 Å². The van der Waals surface area contributed by atoms with Crippen LogP contribution in [0.25, 0.3) is 10.8 Å². The molecular formula is C27H25N5OS. The Labute approximate surface area is 202 Å². The van der Waals surface area contributed by atoms with Crippen LogP contribution in [0.15, 0.2) is 83.1 Å². The number of aryl methyl sites for hydroxylation is 1. The maximum absolute atomic E-state index is 13.4. The zero-order chi connectivity index (χ0) is 23.1. The Morgan fingerprint density at radius 3 is 2.53 bits per heavy atom. The number of hydrogen-bond donors (Lipinski definition) is 0. The summed E-state index contributed by atoms with van der Waals surface area (Å²) in [5, 5.41) is 18.3. The first-order chi connectivity index (χ1) is 16.7. The van der Waals surface area contributed by atoms with Gasteiger partial charge in [-0.1, -0.05) is 78.5 Å². The van der Waals surface area contributed by atoms with Gasteiger partial charge in [0.2, 0.25) is 0 Å². The van der Waals surface area contributed by atoms with Gasteiger partial charge in [0.25, 0.3) is 5.91 Å². The summed E-state index contributed by atoms with van der Waals surface area (Å²) in [5.74, 6) is 1.18. The number of thioether (sulfide) groups is 1. The van der Waals surface area contributed by atoms with Gasteiger partial charge < -0.3 is 4.57 Å². The Balaban J connectivity index is 1.28. The lowest BCUT2D eigenvalue weighted by Crippen LogP contribution is -2.28. The SMILES string of the molecule is Cc1nnc(SCC(=O)N2N=C(c3ccc4ccccc4c3)C[C@H]2c2ccccc2)n1C1CC1. The molecule has 0 spiro atoms. The number of rotatable bonds is 6. The highest BCUT2D eigenvalue weighted by molar-refractivity contribution is 7.99. The Morgan fingerprint density at radius 1 is 0.971 bits per heavy atom. The summed E-state index contributed by atoms with van der Waals surface area (Å²) in [6, 6.07) is 25.3. The molecule has 1 aliphatic carbocycles. The van der Waals surface area contributed by atoms with Gasteiger partial charge in [0.1, 0.15) is 5.82 Å². The Kier molecular flexibility index (Phi) is 5.41. The molecule has 2 aliphatic rings. The van der Waals surface area contributed by atoms with Gasteiger partial charge in [-0.15, -0.1) is 10.2 Å². The maximum Gasteiger partial charge on any atom is 0.253 e. The van der Waals surface area contributed by atoms with Crippen molar-refractivity contribution in [2.45, 2.75) is 43.4 Å². The zero-order valence-corrected chi connectivity index (χ0v) is 19.8. The Morgan fingerprint density at radius 2 is 1.74 bits per heavy atom. The van der Waals surface area contributed by atoms with E-state index in [1.54, 1.807) is 5.01 Å². The second-order valence-corrected chi connectivity index (χ2v) is 9.84. The minimum absolute atomic E-state index is 0.0161. The summed E-state index contributed by atoms with van der Waals surface area (Å²) in [6.45, 7) is 1.98. The lowest BCUT2D eigenvalue weighted by atomic mass is 9.97. The van der Waals surface area contributed by atoms with E-state index in [4.69, 9.17) is 5.10 Å². The van der Waals surface area contributed by atoms with E-state index in [1.807, 2.05) is 37.3 Å². The first kappa shape index (κ1) is 21.1. The summed E-state index contributed by atoms with van der Waals surface area (Å²) >= 11 is 1.46. The Bertz CT molecular complexity index is 1390. The van der Waals surface area contributed by atoms with Crippen LogP contribution in [0.4, 0.5) is 0 Å². The lowest BCUT2D eigenvalue weighted by molar-refractivity contribution is -0.130. The first-order valence-electron chi connectivity index (χ1n) is 11.7. The van der Waals surface area contributed by atoms with Crippen LogP contribution in [-0.2, 0) is 4.79 Å². The molecule has 7 heteroatoms. The standard InChI is InChI=1S/C27H25N5OS/c1-18-28-29-27(31(18)23-13-14-23)34-17-26(33)32-25(20-8-3-2-4-9-20)16-24(30-32)22-12-11-19-7-5-6-10-21(19)15-22/h2-12,15,23,25H,13-14,16-17H2,1H3/t25-/m0/s1. The van der Waals surface area contributed by atoms with Gasteiger partial charge in [-0.3, -0.25) is 4.79 Å². The number of fused-ring (bicyclic) bond motifs is 1. The van der Waals surface area contributed by atoms with Crippen LogP contribution in [0.5, 0.6) is 0 Å². The molecule has 1 aliphatic heterocycles. The molecule has 34 heavy (non-hydrogen) atoms. The molecule has 1 atom stereocenters. The third kappa shape index (κ3) is 4.01. The van der Waals surface area contributed by atoms with Crippen molar-refractivity contribution in [3.05, 3.63) is 89.7 Å². The summed E-state index contributed by atoms with van der Waals surface area (Å²) in [7, 11) is 0. The number of amides is 1. The van der Waals surface area contributed by atoms with Crippen LogP contribution in [-0.4, -0.2) is 37.1 Å². The third-order valence-corrected chi connectivity index (χ3v) is 7.43. The van der Waals surface area contributed by atoms with E-state index in [1.165, 1.54) is 22.5 Å². The molecule has 2 heterocycles. The van der Waals surface area contributed by atoms with Gasteiger partial charge in [0.05, 0.1) is 17.5 Å². The molecule has 1 saturated carbocycles. The fourth-order valence-electron chi connectivity index (χ4n) is 4.61. The van der Waals surface area contributed by atoms with E-state index in [-0.39, 0.29) is 17.7 Å². The number of hydrogen-bond acceptors (Lipinski definition) is 5. The van der Waals surface area contributed by atoms with Crippen molar-refractivity contribution in [1.82, 2.24) is 19.8 Å². The van der Waals surface area contributed by atoms with Crippen LogP contribution in [0.1, 0.15) is 48.3 Å². The third-order valence-electron chi connectivity index (χ3n) is 6.50. The van der Waals surface area contributed by atoms with Gasteiger partial charge in [-0.25, -0.2) is 5.01 Å². The quantitative estimate of drug-likeness (QED) is 0.349. The number of carbonyl (C=O) groups is 1. The molecule has 4 aromatic rings. The molecule has 0 radical (unpaired) electrons. The van der Waals surface area contributed by atoms with E-state index >= 15 is 0 Å². The molecule has 0 unspecified atom stereocenters. The van der Waals surface area contributed by atoms with Gasteiger partial charge in [0.15, 0.2) is 5.16 Å². The fraction of sp³-hybridized carbons (Fsp3) is 0.259. The highest BCUT2D eigenvalue weighted by Crippen LogP contribution is 2.39. The van der Waals surface area contributed by atoms with Gasteiger partial charge in [-0.05, 0) is 47.7 Å². The average Bonchev–Trinajstić information content (AvgIpc) is 3.49. The monoisotopic (exact) mass is 467 g/mol. The number of hydrazone groups is 1. The predicted molar refractivity (Wildman–Crippen MR) is 135 cm³/mol. The molecule has 0 saturated heterocycles. The smallest absolute Gasteiger partial charge is 0.253 e. The van der Waals surface area contributed by atoms with Crippen molar-refractivity contribution >= 4 is 34.2 Å². The highest BCUT2D eigenvalue weighted by atomic mass is 32.2. The van der Waals surface area contributed by atoms with Crippen molar-refractivity contribution < 1.29 is 4.79 Å². The molecule has 0 N–H and O–H groups in total. The van der Waals surface area contributed by atoms with Crippen molar-refractivity contribution in [3.63, 3.8) is 0 Å². The second-order valence-electron chi connectivity index (χ2n) is 8.90. The molecule has 6 nitrogen and oxygen atoms in total. The maximum atomic E-state index is 13.4. The van der Waals surface area contributed by atoms with Crippen molar-refractivity contribution in [1.29, 1.82) is 0 Å². The summed E-state index contributed by atoms with van der Waals surface area (Å²) in [4.78, 5) is 13.4. The molecule has 1 fully saturated rings. The summed E-state index contributed by atoms with van der Waals surface area (Å²) in [6.07, 6.45) is 3.00. The number of benzene rings is 3. The fourth-order valence-corrected chi connectivity index (χ4v) is 5.52. The minimum Gasteiger partial charge on any atom is -0.303 e. The van der Waals surface area contributed by atoms with Crippen molar-refractivity contribution in [2.24, 2.45) is 5.10 Å². The molecule has 1 amide bonds. The zero-order valence-electron chi connectivity index (χ0n) is 19.0. The number of carbonyl (C=O) groups excluding carboxylic acids is 1. The molecule has 3 aromatic carbocycles. The van der Waals surface area contributed by atoms with E-state index in [0.29, 0.717) is 12.5 Å². The molecule has 0 bridgehead atoms. The van der Waals surface area contributed by atoms with Gasteiger partial charge in [0, 0.05) is 12.5 Å². The van der Waals surface area contributed by atoms with Crippen LogP contribution >= 0.6 is 11.8 Å². The highest BCUT2D eigenvalue weighted by Gasteiger charge is 2.34. The number of nitrogens with zero attached hydrogens (tertiary/aromatic N) is 5. The largest absolute Gasteiger partial charge is 0.303 e. The van der Waals surface area contributed by atoms with Gasteiger partial charge in [-0.2, -0.15) is 5.10 Å². The molecule has 170 valence electrons. The molecule has 1 aromatic heterocycles. The van der Waals surface area contributed by atoms with E-state index in [9.17, 15) is 4.79 Å². The van der Waals surface area contributed by atoms with E-state index in [0.717, 1.165) is 40.7 Å². The summed E-state index contributed by atoms with van der Waals surface area (Å²) < 4.78 is 2.17. The van der Waals surface area contributed by atoms with Crippen LogP contribution in [0.2, 0.25) is 0 Å². The molecule has 6 rings (SSSR count). The van der Waals surface area contributed by atoms with E-state index < -0.39 is 0 Å². The Hall–Kier alpha value is -3.45.